The Morgan fingerprint density at radius 1 is 1.04 bits per heavy atom. The average molecular weight is 324 g/mol. The van der Waals surface area contributed by atoms with Crippen molar-refractivity contribution in [1.29, 1.82) is 0 Å². The third-order valence-electron chi connectivity index (χ3n) is 3.89. The molecule has 2 aromatic carbocycles. The van der Waals surface area contributed by atoms with Crippen LogP contribution in [0, 0.1) is 6.92 Å². The molecule has 1 amide bonds. The number of hydrogen-bond donors (Lipinski definition) is 1. The summed E-state index contributed by atoms with van der Waals surface area (Å²) in [7, 11) is 0. The Hall–Kier alpha value is -2.07. The first-order chi connectivity index (χ1) is 11.1. The Kier molecular flexibility index (Phi) is 4.82. The summed E-state index contributed by atoms with van der Waals surface area (Å²) in [5.74, 6) is 0.0421. The molecule has 1 aliphatic heterocycles. The molecule has 0 radical (unpaired) electrons. The number of nitrogens with one attached hydrogen (secondary N) is 1. The molecule has 2 aromatic rings. The maximum Gasteiger partial charge on any atom is 0.239 e. The van der Waals surface area contributed by atoms with Crippen LogP contribution >= 0.6 is 11.8 Å². The lowest BCUT2D eigenvalue weighted by Gasteiger charge is -2.06. The highest BCUT2D eigenvalue weighted by atomic mass is 32.2. The summed E-state index contributed by atoms with van der Waals surface area (Å²) in [6, 6.07) is 16.5. The van der Waals surface area contributed by atoms with Crippen LogP contribution < -0.4 is 5.32 Å². The number of aryl methyl sites for hydroxylation is 2. The minimum Gasteiger partial charge on any atom is -0.304 e. The smallest absolute Gasteiger partial charge is 0.239 e. The Morgan fingerprint density at radius 3 is 2.35 bits per heavy atom. The zero-order valence-corrected chi connectivity index (χ0v) is 14.2. The number of nitrogens with zero attached hydrogens (tertiary/aromatic N) is 1. The summed E-state index contributed by atoms with van der Waals surface area (Å²) in [5.41, 5.74) is 4.57. The number of aliphatic imine (C=N–C) groups is 1. The highest BCUT2D eigenvalue weighted by Gasteiger charge is 2.30. The van der Waals surface area contributed by atoms with Crippen molar-refractivity contribution < 1.29 is 4.79 Å². The largest absolute Gasteiger partial charge is 0.304 e. The molecule has 3 rings (SSSR count). The quantitative estimate of drug-likeness (QED) is 0.923. The zero-order chi connectivity index (χ0) is 16.2. The summed E-state index contributed by atoms with van der Waals surface area (Å²) in [4.78, 5) is 16.7. The van der Waals surface area contributed by atoms with E-state index in [2.05, 4.69) is 41.5 Å². The molecular weight excluding hydrogens is 304 g/mol. The van der Waals surface area contributed by atoms with Crippen LogP contribution in [0.25, 0.3) is 0 Å². The molecule has 1 unspecified atom stereocenters. The monoisotopic (exact) mass is 324 g/mol. The number of hydrogen-bond acceptors (Lipinski definition) is 3. The van der Waals surface area contributed by atoms with Gasteiger partial charge in [0.2, 0.25) is 5.91 Å². The summed E-state index contributed by atoms with van der Waals surface area (Å²) >= 11 is 1.51. The molecule has 23 heavy (non-hydrogen) atoms. The summed E-state index contributed by atoms with van der Waals surface area (Å²) in [5, 5.41) is 3.47. The molecule has 0 saturated carbocycles. The molecule has 1 atom stereocenters. The van der Waals surface area contributed by atoms with E-state index in [0.717, 1.165) is 18.5 Å². The van der Waals surface area contributed by atoms with Gasteiger partial charge in [-0.3, -0.25) is 4.79 Å². The molecular formula is C19H20N2OS. The van der Waals surface area contributed by atoms with Crippen molar-refractivity contribution in [2.75, 3.05) is 0 Å². The third kappa shape index (κ3) is 4.02. The number of amides is 1. The van der Waals surface area contributed by atoms with Crippen LogP contribution in [0.2, 0.25) is 0 Å². The van der Waals surface area contributed by atoms with Crippen LogP contribution in [0.3, 0.4) is 0 Å². The van der Waals surface area contributed by atoms with Gasteiger partial charge < -0.3 is 5.32 Å². The van der Waals surface area contributed by atoms with Gasteiger partial charge in [-0.05, 0) is 43.0 Å². The Bertz CT molecular complexity index is 720. The van der Waals surface area contributed by atoms with Gasteiger partial charge in [0.15, 0.2) is 5.17 Å². The first kappa shape index (κ1) is 15.8. The van der Waals surface area contributed by atoms with Crippen LogP contribution in [0.4, 0.5) is 5.69 Å². The topological polar surface area (TPSA) is 41.5 Å². The van der Waals surface area contributed by atoms with E-state index >= 15 is 0 Å². The van der Waals surface area contributed by atoms with E-state index in [9.17, 15) is 4.79 Å². The normalized spacial score (nSPS) is 19.1. The standard InChI is InChI=1S/C19H20N2OS/c1-3-14-6-8-15(9-7-14)12-17-18(22)21-19(23-17)20-16-10-4-13(2)5-11-16/h4-11,17H,3,12H2,1-2H3,(H,20,21,22). The van der Waals surface area contributed by atoms with Crippen LogP contribution in [-0.4, -0.2) is 16.3 Å². The summed E-state index contributed by atoms with van der Waals surface area (Å²) in [6.07, 6.45) is 1.76. The zero-order valence-electron chi connectivity index (χ0n) is 13.4. The van der Waals surface area contributed by atoms with Crippen molar-refractivity contribution in [1.82, 2.24) is 5.32 Å². The Morgan fingerprint density at radius 2 is 1.70 bits per heavy atom. The Balaban J connectivity index is 1.68. The van der Waals surface area contributed by atoms with E-state index in [0.29, 0.717) is 5.17 Å². The van der Waals surface area contributed by atoms with Gasteiger partial charge in [0.05, 0.1) is 10.9 Å². The van der Waals surface area contributed by atoms with Crippen molar-refractivity contribution in [2.45, 2.75) is 31.9 Å². The number of carbonyl (C=O) groups excluding carboxylic acids is 1. The van der Waals surface area contributed by atoms with E-state index in [-0.39, 0.29) is 11.2 Å². The van der Waals surface area contributed by atoms with E-state index in [1.54, 1.807) is 0 Å². The number of carbonyl (C=O) groups is 1. The average Bonchev–Trinajstić information content (AvgIpc) is 2.90. The Labute approximate surface area is 141 Å². The minimum absolute atomic E-state index is 0.0421. The van der Waals surface area contributed by atoms with Gasteiger partial charge in [-0.2, -0.15) is 0 Å². The fourth-order valence-corrected chi connectivity index (χ4v) is 3.48. The van der Waals surface area contributed by atoms with Gasteiger partial charge in [-0.15, -0.1) is 0 Å². The van der Waals surface area contributed by atoms with Gasteiger partial charge in [0.25, 0.3) is 0 Å². The molecule has 1 saturated heterocycles. The summed E-state index contributed by atoms with van der Waals surface area (Å²) in [6.45, 7) is 4.19. The molecule has 1 N–H and O–H groups in total. The molecule has 4 heteroatoms. The fraction of sp³-hybridized carbons (Fsp3) is 0.263. The molecule has 0 spiro atoms. The van der Waals surface area contributed by atoms with E-state index in [1.807, 2.05) is 31.2 Å². The molecule has 0 aliphatic carbocycles. The summed E-state index contributed by atoms with van der Waals surface area (Å²) < 4.78 is 0. The lowest BCUT2D eigenvalue weighted by molar-refractivity contribution is -0.118. The molecule has 3 nitrogen and oxygen atoms in total. The highest BCUT2D eigenvalue weighted by molar-refractivity contribution is 8.15. The van der Waals surface area contributed by atoms with E-state index in [1.165, 1.54) is 28.5 Å². The van der Waals surface area contributed by atoms with Crippen molar-refractivity contribution in [3.63, 3.8) is 0 Å². The predicted octanol–water partition coefficient (Wildman–Crippen LogP) is 4.02. The lowest BCUT2D eigenvalue weighted by atomic mass is 10.1. The number of thioether (sulfide) groups is 1. The molecule has 1 aliphatic rings. The van der Waals surface area contributed by atoms with Crippen LogP contribution in [-0.2, 0) is 17.6 Å². The second kappa shape index (κ2) is 7.01. The SMILES string of the molecule is CCc1ccc(CC2SC(=Nc3ccc(C)cc3)NC2=O)cc1. The van der Waals surface area contributed by atoms with Crippen LogP contribution in [0.15, 0.2) is 53.5 Å². The first-order valence-electron chi connectivity index (χ1n) is 7.85. The van der Waals surface area contributed by atoms with Gasteiger partial charge in [-0.1, -0.05) is 60.6 Å². The van der Waals surface area contributed by atoms with Crippen molar-refractivity contribution in [2.24, 2.45) is 4.99 Å². The van der Waals surface area contributed by atoms with Crippen LogP contribution in [0.1, 0.15) is 23.6 Å². The molecule has 118 valence electrons. The van der Waals surface area contributed by atoms with Crippen LogP contribution in [0.5, 0.6) is 0 Å². The molecule has 0 aromatic heterocycles. The predicted molar refractivity (Wildman–Crippen MR) is 97.3 cm³/mol. The van der Waals surface area contributed by atoms with Gasteiger partial charge in [0, 0.05) is 0 Å². The van der Waals surface area contributed by atoms with Crippen molar-refractivity contribution in [3.05, 3.63) is 65.2 Å². The second-order valence-corrected chi connectivity index (χ2v) is 6.91. The van der Waals surface area contributed by atoms with Gasteiger partial charge in [-0.25, -0.2) is 4.99 Å². The minimum atomic E-state index is -0.105. The first-order valence-corrected chi connectivity index (χ1v) is 8.72. The molecule has 0 bridgehead atoms. The number of rotatable bonds is 4. The highest BCUT2D eigenvalue weighted by Crippen LogP contribution is 2.26. The van der Waals surface area contributed by atoms with Crippen molar-refractivity contribution in [3.8, 4) is 0 Å². The third-order valence-corrected chi connectivity index (χ3v) is 4.98. The van der Waals surface area contributed by atoms with Crippen molar-refractivity contribution >= 4 is 28.5 Å². The number of benzene rings is 2. The van der Waals surface area contributed by atoms with Gasteiger partial charge in [0.1, 0.15) is 0 Å². The fourth-order valence-electron chi connectivity index (χ4n) is 2.45. The maximum absolute atomic E-state index is 12.1. The van der Waals surface area contributed by atoms with Gasteiger partial charge >= 0.3 is 0 Å². The number of amidine groups is 1. The second-order valence-electron chi connectivity index (χ2n) is 5.72. The van der Waals surface area contributed by atoms with E-state index < -0.39 is 0 Å². The lowest BCUT2D eigenvalue weighted by Crippen LogP contribution is -2.25. The molecule has 1 fully saturated rings. The van der Waals surface area contributed by atoms with E-state index in [4.69, 9.17) is 0 Å². The maximum atomic E-state index is 12.1. The molecule has 1 heterocycles.